The van der Waals surface area contributed by atoms with E-state index in [9.17, 15) is 8.78 Å². The number of rotatable bonds is 1. The number of aromatic nitrogens is 2. The molecular weight excluding hydrogens is 210 g/mol. The van der Waals surface area contributed by atoms with E-state index in [4.69, 9.17) is 0 Å². The maximum atomic E-state index is 12.6. The molecule has 0 unspecified atom stereocenters. The zero-order valence-corrected chi connectivity index (χ0v) is 9.54. The number of halogens is 2. The Kier molecular flexibility index (Phi) is 2.45. The lowest BCUT2D eigenvalue weighted by Crippen LogP contribution is -2.10. The molecule has 0 aliphatic carbocycles. The van der Waals surface area contributed by atoms with E-state index in [0.717, 1.165) is 15.6 Å². The van der Waals surface area contributed by atoms with Gasteiger partial charge in [0.25, 0.3) is 0 Å². The molecular formula is C12H14F2N2. The summed E-state index contributed by atoms with van der Waals surface area (Å²) in [5, 5.41) is 4.44. The van der Waals surface area contributed by atoms with Crippen molar-refractivity contribution in [1.82, 2.24) is 9.78 Å². The van der Waals surface area contributed by atoms with Crippen molar-refractivity contribution < 1.29 is 8.78 Å². The largest absolute Gasteiger partial charge is 0.333 e. The first-order chi connectivity index (χ1) is 7.39. The standard InChI is InChI=1S/C12H14F2N2/c1-12(2,3)9-4-5-10-8(6-9)7-15-16(10)11(13)14/h4-7,11H,1-3H3. The fraction of sp³-hybridized carbons (Fsp3) is 0.417. The van der Waals surface area contributed by atoms with Gasteiger partial charge in [-0.15, -0.1) is 0 Å². The van der Waals surface area contributed by atoms with Gasteiger partial charge in [0.1, 0.15) is 0 Å². The topological polar surface area (TPSA) is 17.8 Å². The number of benzene rings is 1. The van der Waals surface area contributed by atoms with Crippen LogP contribution >= 0.6 is 0 Å². The number of fused-ring (bicyclic) bond motifs is 1. The molecule has 0 saturated carbocycles. The second kappa shape index (κ2) is 3.54. The third kappa shape index (κ3) is 1.79. The van der Waals surface area contributed by atoms with Crippen molar-refractivity contribution in [1.29, 1.82) is 0 Å². The van der Waals surface area contributed by atoms with Gasteiger partial charge < -0.3 is 0 Å². The highest BCUT2D eigenvalue weighted by Crippen LogP contribution is 2.27. The van der Waals surface area contributed by atoms with Gasteiger partial charge in [-0.05, 0) is 23.1 Å². The maximum Gasteiger partial charge on any atom is 0.333 e. The predicted octanol–water partition coefficient (Wildman–Crippen LogP) is 3.73. The second-order valence-corrected chi connectivity index (χ2v) is 4.89. The first kappa shape index (κ1) is 11.0. The Balaban J connectivity index is 2.58. The minimum atomic E-state index is -2.59. The van der Waals surface area contributed by atoms with Crippen LogP contribution in [-0.4, -0.2) is 9.78 Å². The highest BCUT2D eigenvalue weighted by atomic mass is 19.3. The summed E-state index contributed by atoms with van der Waals surface area (Å²) in [6, 6.07) is 5.50. The van der Waals surface area contributed by atoms with Crippen LogP contribution in [0.5, 0.6) is 0 Å². The average Bonchev–Trinajstić information content (AvgIpc) is 2.58. The summed E-state index contributed by atoms with van der Waals surface area (Å²) in [6.07, 6.45) is 1.48. The molecule has 2 nitrogen and oxygen atoms in total. The van der Waals surface area contributed by atoms with Gasteiger partial charge in [0.2, 0.25) is 0 Å². The zero-order valence-electron chi connectivity index (χ0n) is 9.54. The van der Waals surface area contributed by atoms with Crippen LogP contribution in [0.3, 0.4) is 0 Å². The van der Waals surface area contributed by atoms with Crippen molar-refractivity contribution >= 4 is 10.9 Å². The van der Waals surface area contributed by atoms with Crippen molar-refractivity contribution in [3.8, 4) is 0 Å². The molecule has 0 radical (unpaired) electrons. The Morgan fingerprint density at radius 1 is 1.25 bits per heavy atom. The van der Waals surface area contributed by atoms with Crippen LogP contribution < -0.4 is 0 Å². The van der Waals surface area contributed by atoms with E-state index in [1.165, 1.54) is 6.20 Å². The van der Waals surface area contributed by atoms with Crippen LogP contribution in [0.1, 0.15) is 32.9 Å². The van der Waals surface area contributed by atoms with Crippen LogP contribution in [0.25, 0.3) is 10.9 Å². The third-order valence-corrected chi connectivity index (χ3v) is 2.65. The van der Waals surface area contributed by atoms with Gasteiger partial charge in [-0.2, -0.15) is 13.9 Å². The Morgan fingerprint density at radius 3 is 2.50 bits per heavy atom. The summed E-state index contributed by atoms with van der Waals surface area (Å²) < 4.78 is 25.9. The van der Waals surface area contributed by atoms with Crippen molar-refractivity contribution in [2.75, 3.05) is 0 Å². The summed E-state index contributed by atoms with van der Waals surface area (Å²) in [5.74, 6) is 0. The molecule has 0 fully saturated rings. The lowest BCUT2D eigenvalue weighted by molar-refractivity contribution is 0.0615. The zero-order chi connectivity index (χ0) is 11.9. The predicted molar refractivity (Wildman–Crippen MR) is 59.7 cm³/mol. The molecule has 0 amide bonds. The molecule has 4 heteroatoms. The van der Waals surface area contributed by atoms with Gasteiger partial charge in [0, 0.05) is 5.39 Å². The number of alkyl halides is 2. The third-order valence-electron chi connectivity index (χ3n) is 2.65. The molecule has 0 atom stereocenters. The van der Waals surface area contributed by atoms with Gasteiger partial charge in [-0.25, -0.2) is 4.68 Å². The van der Waals surface area contributed by atoms with Gasteiger partial charge >= 0.3 is 6.55 Å². The first-order valence-electron chi connectivity index (χ1n) is 5.15. The Hall–Kier alpha value is -1.45. The van der Waals surface area contributed by atoms with Gasteiger partial charge in [-0.1, -0.05) is 26.8 Å². The number of hydrogen-bond acceptors (Lipinski definition) is 1. The van der Waals surface area contributed by atoms with Gasteiger partial charge in [0.05, 0.1) is 11.7 Å². The first-order valence-corrected chi connectivity index (χ1v) is 5.15. The summed E-state index contributed by atoms with van der Waals surface area (Å²) in [4.78, 5) is 0. The monoisotopic (exact) mass is 224 g/mol. The lowest BCUT2D eigenvalue weighted by atomic mass is 9.86. The van der Waals surface area contributed by atoms with Crippen LogP contribution in [0.15, 0.2) is 24.4 Å². The molecule has 86 valence electrons. The van der Waals surface area contributed by atoms with E-state index in [2.05, 4.69) is 25.9 Å². The average molecular weight is 224 g/mol. The van der Waals surface area contributed by atoms with E-state index >= 15 is 0 Å². The molecule has 0 saturated heterocycles. The summed E-state index contributed by atoms with van der Waals surface area (Å²) >= 11 is 0. The highest BCUT2D eigenvalue weighted by Gasteiger charge is 2.16. The minimum absolute atomic E-state index is 0.0150. The summed E-state index contributed by atoms with van der Waals surface area (Å²) in [5.41, 5.74) is 1.61. The van der Waals surface area contributed by atoms with Crippen LogP contribution in [-0.2, 0) is 5.41 Å². The quantitative estimate of drug-likeness (QED) is 0.721. The molecule has 0 bridgehead atoms. The smallest absolute Gasteiger partial charge is 0.204 e. The van der Waals surface area contributed by atoms with Crippen molar-refractivity contribution in [2.24, 2.45) is 0 Å². The molecule has 0 N–H and O–H groups in total. The Morgan fingerprint density at radius 2 is 1.94 bits per heavy atom. The minimum Gasteiger partial charge on any atom is -0.204 e. The van der Waals surface area contributed by atoms with E-state index in [1.54, 1.807) is 6.07 Å². The van der Waals surface area contributed by atoms with Crippen LogP contribution in [0.4, 0.5) is 8.78 Å². The molecule has 1 aromatic carbocycles. The molecule has 0 spiro atoms. The molecule has 2 rings (SSSR count). The Labute approximate surface area is 92.9 Å². The van der Waals surface area contributed by atoms with Crippen LogP contribution in [0, 0.1) is 0 Å². The van der Waals surface area contributed by atoms with E-state index in [1.807, 2.05) is 12.1 Å². The molecule has 0 aliphatic rings. The van der Waals surface area contributed by atoms with Gasteiger partial charge in [0.15, 0.2) is 0 Å². The Bertz CT molecular complexity index is 509. The summed E-state index contributed by atoms with van der Waals surface area (Å²) in [6.45, 7) is 3.68. The van der Waals surface area contributed by atoms with E-state index in [-0.39, 0.29) is 5.41 Å². The van der Waals surface area contributed by atoms with E-state index < -0.39 is 6.55 Å². The molecule has 16 heavy (non-hydrogen) atoms. The van der Waals surface area contributed by atoms with Crippen molar-refractivity contribution in [2.45, 2.75) is 32.7 Å². The number of nitrogens with zero attached hydrogens (tertiary/aromatic N) is 2. The maximum absolute atomic E-state index is 12.6. The summed E-state index contributed by atoms with van der Waals surface area (Å²) in [7, 11) is 0. The molecule has 1 heterocycles. The fourth-order valence-corrected chi connectivity index (χ4v) is 1.68. The van der Waals surface area contributed by atoms with E-state index in [0.29, 0.717) is 5.52 Å². The molecule has 0 aliphatic heterocycles. The molecule has 1 aromatic heterocycles. The van der Waals surface area contributed by atoms with Crippen molar-refractivity contribution in [3.05, 3.63) is 30.0 Å². The fourth-order valence-electron chi connectivity index (χ4n) is 1.68. The molecule has 2 aromatic rings. The SMILES string of the molecule is CC(C)(C)c1ccc2c(cnn2C(F)F)c1. The van der Waals surface area contributed by atoms with Crippen molar-refractivity contribution in [3.63, 3.8) is 0 Å². The highest BCUT2D eigenvalue weighted by molar-refractivity contribution is 5.79. The number of hydrogen-bond donors (Lipinski definition) is 0. The normalized spacial score (nSPS) is 12.6. The van der Waals surface area contributed by atoms with Crippen LogP contribution in [0.2, 0.25) is 0 Å². The second-order valence-electron chi connectivity index (χ2n) is 4.89. The van der Waals surface area contributed by atoms with Gasteiger partial charge in [-0.3, -0.25) is 0 Å². The lowest BCUT2D eigenvalue weighted by Gasteiger charge is -2.18.